The Morgan fingerprint density at radius 1 is 0.939 bits per heavy atom. The molecule has 0 aliphatic heterocycles. The van der Waals surface area contributed by atoms with Gasteiger partial charge in [0.25, 0.3) is 5.91 Å². The number of carbonyl (C=O) groups is 3. The minimum atomic E-state index is -0.569. The van der Waals surface area contributed by atoms with Crippen LogP contribution in [0.4, 0.5) is 5.69 Å². The minimum absolute atomic E-state index is 0.0595. The Kier molecular flexibility index (Phi) is 6.15. The van der Waals surface area contributed by atoms with Crippen LogP contribution >= 0.6 is 11.6 Å². The van der Waals surface area contributed by atoms with Gasteiger partial charge in [0.05, 0.1) is 23.4 Å². The Morgan fingerprint density at radius 3 is 2.39 bits per heavy atom. The summed E-state index contributed by atoms with van der Waals surface area (Å²) in [6.07, 6.45) is 0. The van der Waals surface area contributed by atoms with Crippen molar-refractivity contribution in [3.63, 3.8) is 0 Å². The molecule has 1 N–H and O–H groups in total. The number of hydrogen-bond acceptors (Lipinski definition) is 6. The number of esters is 1. The van der Waals surface area contributed by atoms with E-state index in [1.54, 1.807) is 48.5 Å². The van der Waals surface area contributed by atoms with Gasteiger partial charge in [-0.3, -0.25) is 14.4 Å². The summed E-state index contributed by atoms with van der Waals surface area (Å²) < 4.78 is 16.1. The maximum Gasteiger partial charge on any atom is 0.308 e. The summed E-state index contributed by atoms with van der Waals surface area (Å²) in [6.45, 7) is 1.25. The van der Waals surface area contributed by atoms with Gasteiger partial charge in [0.1, 0.15) is 17.1 Å². The molecule has 0 saturated heterocycles. The second kappa shape index (κ2) is 9.18. The van der Waals surface area contributed by atoms with Crippen LogP contribution in [0.1, 0.15) is 33.4 Å². The minimum Gasteiger partial charge on any atom is -0.495 e. The summed E-state index contributed by atoms with van der Waals surface area (Å²) in [5, 5.41) is 3.55. The molecule has 33 heavy (non-hydrogen) atoms. The van der Waals surface area contributed by atoms with Crippen molar-refractivity contribution in [2.75, 3.05) is 12.4 Å². The van der Waals surface area contributed by atoms with Crippen LogP contribution in [0.5, 0.6) is 11.5 Å². The number of nitrogens with one attached hydrogen (secondary N) is 1. The van der Waals surface area contributed by atoms with E-state index in [4.69, 9.17) is 25.5 Å². The predicted octanol–water partition coefficient (Wildman–Crippen LogP) is 5.50. The number of halogens is 1. The van der Waals surface area contributed by atoms with Crippen molar-refractivity contribution >= 4 is 45.9 Å². The standard InChI is InChI=1S/C25H18ClNO6/c1-14(28)32-20-10-6-4-8-17(20)25(30)27-22-16-7-3-5-9-19(16)33-24(22)23(29)15-11-12-21(31-2)18(26)13-15/h3-13H,1-2H3,(H,27,30). The van der Waals surface area contributed by atoms with Crippen molar-refractivity contribution in [2.24, 2.45) is 0 Å². The molecule has 8 heteroatoms. The summed E-state index contributed by atoms with van der Waals surface area (Å²) in [4.78, 5) is 37.8. The number of anilines is 1. The molecule has 4 aromatic rings. The van der Waals surface area contributed by atoms with E-state index in [-0.39, 0.29) is 33.3 Å². The van der Waals surface area contributed by atoms with Crippen LogP contribution in [-0.2, 0) is 4.79 Å². The molecule has 0 aliphatic carbocycles. The van der Waals surface area contributed by atoms with Gasteiger partial charge in [0, 0.05) is 17.9 Å². The first-order chi connectivity index (χ1) is 15.9. The van der Waals surface area contributed by atoms with E-state index in [9.17, 15) is 14.4 Å². The number of carbonyl (C=O) groups excluding carboxylic acids is 3. The smallest absolute Gasteiger partial charge is 0.308 e. The second-order valence-electron chi connectivity index (χ2n) is 7.02. The Hall–Kier alpha value is -4.10. The molecule has 0 bridgehead atoms. The van der Waals surface area contributed by atoms with E-state index in [0.29, 0.717) is 16.7 Å². The maximum absolute atomic E-state index is 13.3. The Balaban J connectivity index is 1.77. The van der Waals surface area contributed by atoms with Crippen molar-refractivity contribution in [3.05, 3.63) is 88.6 Å². The molecule has 1 aromatic heterocycles. The first kappa shape index (κ1) is 22.1. The van der Waals surface area contributed by atoms with Crippen LogP contribution in [0.25, 0.3) is 11.0 Å². The van der Waals surface area contributed by atoms with Crippen LogP contribution in [-0.4, -0.2) is 24.8 Å². The topological polar surface area (TPSA) is 94.8 Å². The third-order valence-corrected chi connectivity index (χ3v) is 5.13. The van der Waals surface area contributed by atoms with E-state index < -0.39 is 17.7 Å². The number of ketones is 1. The maximum atomic E-state index is 13.3. The highest BCUT2D eigenvalue weighted by Gasteiger charge is 2.25. The first-order valence-electron chi connectivity index (χ1n) is 9.87. The lowest BCUT2D eigenvalue weighted by molar-refractivity contribution is -0.131. The number of amides is 1. The third-order valence-electron chi connectivity index (χ3n) is 4.84. The molecule has 0 aliphatic rings. The first-order valence-corrected chi connectivity index (χ1v) is 10.3. The molecule has 0 saturated carbocycles. The molecule has 3 aromatic carbocycles. The number of fused-ring (bicyclic) bond motifs is 1. The van der Waals surface area contributed by atoms with Crippen LogP contribution in [0, 0.1) is 0 Å². The number of rotatable bonds is 6. The molecule has 0 fully saturated rings. The van der Waals surface area contributed by atoms with Gasteiger partial charge in [-0.2, -0.15) is 0 Å². The fraction of sp³-hybridized carbons (Fsp3) is 0.0800. The second-order valence-corrected chi connectivity index (χ2v) is 7.43. The van der Waals surface area contributed by atoms with Crippen LogP contribution in [0.2, 0.25) is 5.02 Å². The van der Waals surface area contributed by atoms with Crippen molar-refractivity contribution in [1.82, 2.24) is 0 Å². The largest absolute Gasteiger partial charge is 0.495 e. The molecule has 7 nitrogen and oxygen atoms in total. The van der Waals surface area contributed by atoms with E-state index >= 15 is 0 Å². The van der Waals surface area contributed by atoms with Gasteiger partial charge < -0.3 is 19.2 Å². The van der Waals surface area contributed by atoms with E-state index in [1.165, 1.54) is 32.2 Å². The molecule has 0 spiro atoms. The normalized spacial score (nSPS) is 10.6. The van der Waals surface area contributed by atoms with Crippen molar-refractivity contribution in [1.29, 1.82) is 0 Å². The quantitative estimate of drug-likeness (QED) is 0.230. The van der Waals surface area contributed by atoms with Gasteiger partial charge in [0.15, 0.2) is 5.76 Å². The zero-order chi connectivity index (χ0) is 23.5. The molecule has 0 radical (unpaired) electrons. The number of methoxy groups -OCH3 is 1. The highest BCUT2D eigenvalue weighted by molar-refractivity contribution is 6.32. The Morgan fingerprint density at radius 2 is 1.67 bits per heavy atom. The number of para-hydroxylation sites is 2. The predicted molar refractivity (Wildman–Crippen MR) is 123 cm³/mol. The highest BCUT2D eigenvalue weighted by atomic mass is 35.5. The van der Waals surface area contributed by atoms with Crippen molar-refractivity contribution in [2.45, 2.75) is 6.92 Å². The van der Waals surface area contributed by atoms with Gasteiger partial charge in [0.2, 0.25) is 5.78 Å². The molecular weight excluding hydrogens is 446 g/mol. The molecule has 0 unspecified atom stereocenters. The summed E-state index contributed by atoms with van der Waals surface area (Å²) in [6, 6.07) is 17.8. The average molecular weight is 464 g/mol. The number of furan rings is 1. The van der Waals surface area contributed by atoms with Crippen molar-refractivity contribution < 1.29 is 28.3 Å². The number of ether oxygens (including phenoxy) is 2. The summed E-state index contributed by atoms with van der Waals surface area (Å²) in [7, 11) is 1.48. The van der Waals surface area contributed by atoms with Crippen LogP contribution < -0.4 is 14.8 Å². The Labute approximate surface area is 193 Å². The molecule has 1 heterocycles. The fourth-order valence-corrected chi connectivity index (χ4v) is 3.60. The molecular formula is C25H18ClNO6. The van der Waals surface area contributed by atoms with E-state index in [1.807, 2.05) is 0 Å². The van der Waals surface area contributed by atoms with Gasteiger partial charge in [-0.15, -0.1) is 0 Å². The summed E-state index contributed by atoms with van der Waals surface area (Å²) >= 11 is 6.18. The van der Waals surface area contributed by atoms with Gasteiger partial charge >= 0.3 is 5.97 Å². The van der Waals surface area contributed by atoms with Gasteiger partial charge in [-0.25, -0.2) is 0 Å². The van der Waals surface area contributed by atoms with Gasteiger partial charge in [-0.05, 0) is 42.5 Å². The SMILES string of the molecule is COc1ccc(C(=O)c2oc3ccccc3c2NC(=O)c2ccccc2OC(C)=O)cc1Cl. The summed E-state index contributed by atoms with van der Waals surface area (Å²) in [5.74, 6) is -1.13. The highest BCUT2D eigenvalue weighted by Crippen LogP contribution is 2.34. The molecule has 166 valence electrons. The van der Waals surface area contributed by atoms with Crippen LogP contribution in [0.15, 0.2) is 71.1 Å². The Bertz CT molecular complexity index is 1390. The summed E-state index contributed by atoms with van der Waals surface area (Å²) in [5.41, 5.74) is 1.01. The zero-order valence-electron chi connectivity index (χ0n) is 17.7. The van der Waals surface area contributed by atoms with Crippen LogP contribution in [0.3, 0.4) is 0 Å². The third kappa shape index (κ3) is 4.44. The molecule has 0 atom stereocenters. The fourth-order valence-electron chi connectivity index (χ4n) is 3.35. The van der Waals surface area contributed by atoms with Gasteiger partial charge in [-0.1, -0.05) is 35.9 Å². The van der Waals surface area contributed by atoms with Crippen molar-refractivity contribution in [3.8, 4) is 11.5 Å². The lowest BCUT2D eigenvalue weighted by atomic mass is 10.1. The van der Waals surface area contributed by atoms with E-state index in [0.717, 1.165) is 0 Å². The molecule has 4 rings (SSSR count). The monoisotopic (exact) mass is 463 g/mol. The molecule has 1 amide bonds. The number of benzene rings is 3. The number of hydrogen-bond donors (Lipinski definition) is 1. The average Bonchev–Trinajstić information content (AvgIpc) is 3.16. The zero-order valence-corrected chi connectivity index (χ0v) is 18.4. The lowest BCUT2D eigenvalue weighted by Crippen LogP contribution is -2.16. The van der Waals surface area contributed by atoms with E-state index in [2.05, 4.69) is 5.32 Å². The lowest BCUT2D eigenvalue weighted by Gasteiger charge is -2.10.